The Morgan fingerprint density at radius 1 is 1.54 bits per heavy atom. The Balaban J connectivity index is 2.37. The fourth-order valence-corrected chi connectivity index (χ4v) is 1.47. The minimum atomic E-state index is 0.326. The van der Waals surface area contributed by atoms with Gasteiger partial charge in [-0.25, -0.2) is 0 Å². The summed E-state index contributed by atoms with van der Waals surface area (Å²) in [5.74, 6) is 5.55. The standard InChI is InChI=1S/C10H8ClNO/c11-7-3-4-9-8(6-7)10(13)2-1-5-12-9/h12-13H,1-2,5H2/q-2. The summed E-state index contributed by atoms with van der Waals surface area (Å²) in [6, 6.07) is 0.736. The van der Waals surface area contributed by atoms with E-state index in [1.807, 2.05) is 0 Å². The molecule has 13 heavy (non-hydrogen) atoms. The predicted molar refractivity (Wildman–Crippen MR) is 49.8 cm³/mol. The first-order valence-corrected chi connectivity index (χ1v) is 4.50. The molecule has 0 aromatic heterocycles. The van der Waals surface area contributed by atoms with Crippen LogP contribution in [-0.2, 0) is 0 Å². The lowest BCUT2D eigenvalue weighted by molar-refractivity contribution is 0.310. The molecular weight excluding hydrogens is 186 g/mol. The van der Waals surface area contributed by atoms with Crippen molar-refractivity contribution in [3.05, 3.63) is 28.5 Å². The van der Waals surface area contributed by atoms with E-state index in [0.717, 1.165) is 19.0 Å². The van der Waals surface area contributed by atoms with Crippen molar-refractivity contribution >= 4 is 11.6 Å². The van der Waals surface area contributed by atoms with Gasteiger partial charge in [0.25, 0.3) is 0 Å². The highest BCUT2D eigenvalue weighted by atomic mass is 35.5. The van der Waals surface area contributed by atoms with E-state index in [0.29, 0.717) is 23.1 Å². The minimum Gasteiger partial charge on any atom is -0.484 e. The number of hydrogen-bond donors (Lipinski definition) is 2. The number of rotatable bonds is 0. The van der Waals surface area contributed by atoms with Gasteiger partial charge in [0.2, 0.25) is 0 Å². The van der Waals surface area contributed by atoms with Crippen molar-refractivity contribution in [1.82, 2.24) is 5.32 Å². The molecule has 0 radical (unpaired) electrons. The van der Waals surface area contributed by atoms with Gasteiger partial charge in [0.05, 0.1) is 0 Å². The third kappa shape index (κ3) is 1.70. The van der Waals surface area contributed by atoms with Crippen LogP contribution < -0.4 is 5.32 Å². The molecule has 1 heterocycles. The van der Waals surface area contributed by atoms with Crippen molar-refractivity contribution < 1.29 is 5.11 Å². The number of fused-ring (bicyclic) bond motifs is 1. The molecule has 3 heteroatoms. The number of aliphatic hydroxyl groups is 1. The van der Waals surface area contributed by atoms with Gasteiger partial charge in [-0.15, -0.1) is 6.04 Å². The monoisotopic (exact) mass is 193 g/mol. The summed E-state index contributed by atoms with van der Waals surface area (Å²) in [5.41, 5.74) is 3.47. The fraction of sp³-hybridized carbons (Fsp3) is 0.300. The second-order valence-corrected chi connectivity index (χ2v) is 3.29. The fourth-order valence-electron chi connectivity index (χ4n) is 1.33. The molecule has 0 unspecified atom stereocenters. The molecule has 1 saturated heterocycles. The van der Waals surface area contributed by atoms with Crippen LogP contribution in [0.4, 0.5) is 0 Å². The highest BCUT2D eigenvalue weighted by Crippen LogP contribution is 2.28. The van der Waals surface area contributed by atoms with E-state index in [1.165, 1.54) is 0 Å². The van der Waals surface area contributed by atoms with Crippen molar-refractivity contribution in [1.29, 1.82) is 0 Å². The van der Waals surface area contributed by atoms with Crippen molar-refractivity contribution in [3.8, 4) is 11.8 Å². The van der Waals surface area contributed by atoms with Gasteiger partial charge in [0, 0.05) is 5.03 Å². The lowest BCUT2D eigenvalue weighted by Crippen LogP contribution is -2.22. The Morgan fingerprint density at radius 2 is 2.38 bits per heavy atom. The molecule has 68 valence electrons. The maximum atomic E-state index is 9.62. The van der Waals surface area contributed by atoms with Crippen molar-refractivity contribution in [2.24, 2.45) is 0 Å². The molecule has 2 N–H and O–H groups in total. The second-order valence-electron chi connectivity index (χ2n) is 2.92. The van der Waals surface area contributed by atoms with Crippen molar-refractivity contribution in [3.63, 3.8) is 0 Å². The first-order valence-electron chi connectivity index (χ1n) is 4.12. The van der Waals surface area contributed by atoms with E-state index in [9.17, 15) is 5.11 Å². The third-order valence-electron chi connectivity index (χ3n) is 1.96. The predicted octanol–water partition coefficient (Wildman–Crippen LogP) is 1.47. The Kier molecular flexibility index (Phi) is 2.26. The summed E-state index contributed by atoms with van der Waals surface area (Å²) in [4.78, 5) is 0. The molecule has 0 aromatic rings. The minimum absolute atomic E-state index is 0.326. The molecule has 0 bridgehead atoms. The summed E-state index contributed by atoms with van der Waals surface area (Å²) in [6.07, 6.45) is 1.89. The smallest absolute Gasteiger partial charge is 0.000303 e. The van der Waals surface area contributed by atoms with Crippen molar-refractivity contribution in [2.45, 2.75) is 12.8 Å². The molecule has 1 fully saturated rings. The average molecular weight is 194 g/mol. The Bertz CT molecular complexity index is 344. The molecule has 0 aromatic carbocycles. The maximum absolute atomic E-state index is 9.62. The first kappa shape index (κ1) is 8.62. The van der Waals surface area contributed by atoms with Gasteiger partial charge < -0.3 is 16.2 Å². The SMILES string of the molecule is O[C-]1CCCN[C-]2C#CC(Cl)=C=C12. The van der Waals surface area contributed by atoms with Gasteiger partial charge >= 0.3 is 0 Å². The number of nitrogens with one attached hydrogen (secondary N) is 1. The number of halogens is 1. The lowest BCUT2D eigenvalue weighted by Gasteiger charge is -2.37. The van der Waals surface area contributed by atoms with Crippen LogP contribution in [-0.4, -0.2) is 11.7 Å². The van der Waals surface area contributed by atoms with E-state index in [2.05, 4.69) is 22.9 Å². The Hall–Kier alpha value is -0.970. The summed E-state index contributed by atoms with van der Waals surface area (Å²) in [7, 11) is 0. The zero-order chi connectivity index (χ0) is 9.26. The van der Waals surface area contributed by atoms with Crippen LogP contribution in [0, 0.1) is 24.0 Å². The molecule has 1 aliphatic heterocycles. The second kappa shape index (κ2) is 3.41. The van der Waals surface area contributed by atoms with E-state index >= 15 is 0 Å². The zero-order valence-electron chi connectivity index (χ0n) is 6.95. The molecule has 1 aliphatic carbocycles. The maximum Gasteiger partial charge on any atom is 0.000303 e. The van der Waals surface area contributed by atoms with Crippen LogP contribution in [0.1, 0.15) is 12.8 Å². The number of hydrogen-bond acceptors (Lipinski definition) is 2. The van der Waals surface area contributed by atoms with Crippen LogP contribution in [0.25, 0.3) is 0 Å². The van der Waals surface area contributed by atoms with Gasteiger partial charge in [-0.1, -0.05) is 30.4 Å². The van der Waals surface area contributed by atoms with E-state index in [1.54, 1.807) is 0 Å². The van der Waals surface area contributed by atoms with Crippen molar-refractivity contribution in [2.75, 3.05) is 6.54 Å². The van der Waals surface area contributed by atoms with E-state index < -0.39 is 0 Å². The van der Waals surface area contributed by atoms with Gasteiger partial charge in [0.1, 0.15) is 0 Å². The van der Waals surface area contributed by atoms with Gasteiger partial charge in [0.15, 0.2) is 0 Å². The molecular formula is C10H8ClNO-2. The quantitative estimate of drug-likeness (QED) is 0.347. The lowest BCUT2D eigenvalue weighted by atomic mass is 9.99. The number of aliphatic hydroxyl groups excluding tert-OH is 1. The van der Waals surface area contributed by atoms with Crippen LogP contribution in [0.2, 0.25) is 0 Å². The Labute approximate surface area is 82.3 Å². The molecule has 0 amide bonds. The Morgan fingerprint density at radius 3 is 3.23 bits per heavy atom. The van der Waals surface area contributed by atoms with Crippen LogP contribution in [0.5, 0.6) is 0 Å². The van der Waals surface area contributed by atoms with E-state index in [4.69, 9.17) is 11.6 Å². The van der Waals surface area contributed by atoms with Crippen LogP contribution in [0.15, 0.2) is 16.3 Å². The van der Waals surface area contributed by atoms with Gasteiger partial charge in [-0.2, -0.15) is 12.0 Å². The first-order chi connectivity index (χ1) is 6.27. The summed E-state index contributed by atoms with van der Waals surface area (Å²) in [5, 5.41) is 13.1. The molecule has 0 saturated carbocycles. The van der Waals surface area contributed by atoms with Crippen LogP contribution in [0.3, 0.4) is 0 Å². The highest BCUT2D eigenvalue weighted by molar-refractivity contribution is 6.32. The van der Waals surface area contributed by atoms with Gasteiger partial charge in [-0.3, -0.25) is 5.57 Å². The van der Waals surface area contributed by atoms with E-state index in [-0.39, 0.29) is 0 Å². The van der Waals surface area contributed by atoms with Gasteiger partial charge in [-0.05, 0) is 6.54 Å². The summed E-state index contributed by atoms with van der Waals surface area (Å²) >= 11 is 5.70. The summed E-state index contributed by atoms with van der Waals surface area (Å²) < 4.78 is 0. The molecule has 2 nitrogen and oxygen atoms in total. The molecule has 2 rings (SSSR count). The molecule has 0 spiro atoms. The normalized spacial score (nSPS) is 20.8. The average Bonchev–Trinajstić information content (AvgIpc) is 2.29. The summed E-state index contributed by atoms with van der Waals surface area (Å²) in [6.45, 7) is 0.830. The third-order valence-corrected chi connectivity index (χ3v) is 2.15. The molecule has 2 aliphatic rings. The molecule has 0 atom stereocenters. The highest BCUT2D eigenvalue weighted by Gasteiger charge is 2.05. The van der Waals surface area contributed by atoms with Crippen LogP contribution >= 0.6 is 11.6 Å². The zero-order valence-corrected chi connectivity index (χ0v) is 7.70. The topological polar surface area (TPSA) is 32.3 Å². The largest absolute Gasteiger partial charge is 0.484 e.